The monoisotopic (exact) mass is 297 g/mol. The van der Waals surface area contributed by atoms with Crippen molar-refractivity contribution in [2.45, 2.75) is 25.9 Å². The highest BCUT2D eigenvalue weighted by atomic mass is 32.1. The van der Waals surface area contributed by atoms with Crippen molar-refractivity contribution in [2.75, 3.05) is 20.2 Å². The molecule has 0 saturated carbocycles. The molecule has 0 aromatic carbocycles. The van der Waals surface area contributed by atoms with Crippen LogP contribution < -0.4 is 0 Å². The summed E-state index contributed by atoms with van der Waals surface area (Å²) in [6, 6.07) is 1.57. The summed E-state index contributed by atoms with van der Waals surface area (Å²) in [6.07, 6.45) is 1.29. The van der Waals surface area contributed by atoms with Crippen LogP contribution in [0.1, 0.15) is 28.6 Å². The number of carboxylic acids is 1. The van der Waals surface area contributed by atoms with E-state index in [1.165, 1.54) is 0 Å². The van der Waals surface area contributed by atoms with Gasteiger partial charge < -0.3 is 14.7 Å². The lowest BCUT2D eigenvalue weighted by Crippen LogP contribution is -2.47. The summed E-state index contributed by atoms with van der Waals surface area (Å²) in [5, 5.41) is 10.6. The van der Waals surface area contributed by atoms with Crippen molar-refractivity contribution in [3.05, 3.63) is 21.9 Å². The van der Waals surface area contributed by atoms with Gasteiger partial charge in [-0.2, -0.15) is 0 Å². The normalized spacial score (nSPS) is 22.8. The Balaban J connectivity index is 1.95. The SMILES string of the molecule is CO[C@@H]1CN(C(=O)Cc2csc(C(=O)O)c2)CC[C@H]1C. The van der Waals surface area contributed by atoms with Crippen molar-refractivity contribution < 1.29 is 19.4 Å². The maximum Gasteiger partial charge on any atom is 0.345 e. The Morgan fingerprint density at radius 1 is 1.55 bits per heavy atom. The van der Waals surface area contributed by atoms with Gasteiger partial charge in [-0.15, -0.1) is 11.3 Å². The Bertz CT molecular complexity index is 499. The van der Waals surface area contributed by atoms with Crippen molar-refractivity contribution in [1.82, 2.24) is 4.90 Å². The van der Waals surface area contributed by atoms with Gasteiger partial charge in [0.25, 0.3) is 0 Å². The third-order valence-corrected chi connectivity index (χ3v) is 4.73. The average molecular weight is 297 g/mol. The summed E-state index contributed by atoms with van der Waals surface area (Å²) in [5.74, 6) is -0.447. The van der Waals surface area contributed by atoms with E-state index in [9.17, 15) is 9.59 Å². The van der Waals surface area contributed by atoms with E-state index in [0.717, 1.165) is 29.9 Å². The predicted octanol–water partition coefficient (Wildman–Crippen LogP) is 1.87. The minimum absolute atomic E-state index is 0.0358. The molecule has 2 rings (SSSR count). The number of hydrogen-bond donors (Lipinski definition) is 1. The molecule has 6 heteroatoms. The zero-order chi connectivity index (χ0) is 14.7. The molecule has 0 bridgehead atoms. The molecule has 2 heterocycles. The van der Waals surface area contributed by atoms with E-state index in [0.29, 0.717) is 12.5 Å². The Morgan fingerprint density at radius 2 is 2.30 bits per heavy atom. The van der Waals surface area contributed by atoms with Gasteiger partial charge >= 0.3 is 5.97 Å². The van der Waals surface area contributed by atoms with Crippen molar-refractivity contribution in [1.29, 1.82) is 0 Å². The summed E-state index contributed by atoms with van der Waals surface area (Å²) in [6.45, 7) is 3.50. The maximum absolute atomic E-state index is 12.2. The number of piperidine rings is 1. The van der Waals surface area contributed by atoms with E-state index in [1.54, 1.807) is 18.6 Å². The van der Waals surface area contributed by atoms with Crippen molar-refractivity contribution >= 4 is 23.2 Å². The second-order valence-electron chi connectivity index (χ2n) is 5.18. The number of rotatable bonds is 4. The van der Waals surface area contributed by atoms with Crippen LogP contribution in [0.2, 0.25) is 0 Å². The van der Waals surface area contributed by atoms with Crippen LogP contribution in [-0.4, -0.2) is 48.2 Å². The van der Waals surface area contributed by atoms with Crippen molar-refractivity contribution in [2.24, 2.45) is 5.92 Å². The molecule has 0 unspecified atom stereocenters. The number of thiophene rings is 1. The lowest BCUT2D eigenvalue weighted by atomic mass is 9.95. The van der Waals surface area contributed by atoms with Crippen LogP contribution in [0.4, 0.5) is 0 Å². The fourth-order valence-electron chi connectivity index (χ4n) is 2.43. The number of carbonyl (C=O) groups excluding carboxylic acids is 1. The zero-order valence-electron chi connectivity index (χ0n) is 11.7. The molecule has 5 nitrogen and oxygen atoms in total. The van der Waals surface area contributed by atoms with Crippen LogP contribution >= 0.6 is 11.3 Å². The number of nitrogens with zero attached hydrogens (tertiary/aromatic N) is 1. The van der Waals surface area contributed by atoms with Crippen LogP contribution in [-0.2, 0) is 16.0 Å². The van der Waals surface area contributed by atoms with E-state index in [1.807, 2.05) is 4.90 Å². The fraction of sp³-hybridized carbons (Fsp3) is 0.571. The number of carboxylic acid groups (broad SMARTS) is 1. The quantitative estimate of drug-likeness (QED) is 0.921. The molecule has 1 aliphatic heterocycles. The minimum Gasteiger partial charge on any atom is -0.477 e. The minimum atomic E-state index is -0.944. The molecule has 0 spiro atoms. The van der Waals surface area contributed by atoms with E-state index in [4.69, 9.17) is 9.84 Å². The van der Waals surface area contributed by atoms with Crippen LogP contribution in [0.5, 0.6) is 0 Å². The average Bonchev–Trinajstić information content (AvgIpc) is 2.88. The number of methoxy groups -OCH3 is 1. The largest absolute Gasteiger partial charge is 0.477 e. The molecule has 1 fully saturated rings. The fourth-order valence-corrected chi connectivity index (χ4v) is 3.18. The third kappa shape index (κ3) is 3.37. The van der Waals surface area contributed by atoms with Crippen LogP contribution in [0.3, 0.4) is 0 Å². The predicted molar refractivity (Wildman–Crippen MR) is 76.1 cm³/mol. The van der Waals surface area contributed by atoms with Gasteiger partial charge in [0.2, 0.25) is 5.91 Å². The van der Waals surface area contributed by atoms with E-state index in [2.05, 4.69) is 6.92 Å². The topological polar surface area (TPSA) is 66.8 Å². The molecule has 1 N–H and O–H groups in total. The smallest absolute Gasteiger partial charge is 0.345 e. The van der Waals surface area contributed by atoms with E-state index < -0.39 is 5.97 Å². The van der Waals surface area contributed by atoms with Gasteiger partial charge in [0.1, 0.15) is 4.88 Å². The number of aromatic carboxylic acids is 1. The zero-order valence-corrected chi connectivity index (χ0v) is 12.5. The maximum atomic E-state index is 12.2. The summed E-state index contributed by atoms with van der Waals surface area (Å²) in [4.78, 5) is 25.1. The van der Waals surface area contributed by atoms with Gasteiger partial charge in [-0.05, 0) is 29.3 Å². The summed E-state index contributed by atoms with van der Waals surface area (Å²) >= 11 is 1.16. The highest BCUT2D eigenvalue weighted by Crippen LogP contribution is 2.21. The Morgan fingerprint density at radius 3 is 2.90 bits per heavy atom. The first-order valence-corrected chi connectivity index (χ1v) is 7.50. The Hall–Kier alpha value is -1.40. The number of amides is 1. The summed E-state index contributed by atoms with van der Waals surface area (Å²) in [7, 11) is 1.67. The number of likely N-dealkylation sites (tertiary alicyclic amines) is 1. The second kappa shape index (κ2) is 6.37. The molecule has 110 valence electrons. The molecular formula is C14H19NO4S. The second-order valence-corrected chi connectivity index (χ2v) is 6.09. The first kappa shape index (κ1) is 15.0. The molecule has 1 aromatic rings. The molecule has 20 heavy (non-hydrogen) atoms. The highest BCUT2D eigenvalue weighted by molar-refractivity contribution is 7.12. The Labute approximate surface area is 122 Å². The molecule has 1 aromatic heterocycles. The van der Waals surface area contributed by atoms with Crippen LogP contribution in [0.25, 0.3) is 0 Å². The first-order valence-electron chi connectivity index (χ1n) is 6.62. The molecule has 1 aliphatic rings. The standard InChI is InChI=1S/C14H19NO4S/c1-9-3-4-15(7-11(9)19-2)13(16)6-10-5-12(14(17)18)20-8-10/h5,8-9,11H,3-4,6-7H2,1-2H3,(H,17,18)/t9-,11-/m1/s1. The number of carbonyl (C=O) groups is 2. The summed E-state index contributed by atoms with van der Waals surface area (Å²) in [5.41, 5.74) is 0.769. The van der Waals surface area contributed by atoms with Crippen LogP contribution in [0.15, 0.2) is 11.4 Å². The lowest BCUT2D eigenvalue weighted by Gasteiger charge is -2.36. The molecular weight excluding hydrogens is 278 g/mol. The molecule has 2 atom stereocenters. The van der Waals surface area contributed by atoms with Gasteiger partial charge in [0, 0.05) is 20.2 Å². The third-order valence-electron chi connectivity index (χ3n) is 3.76. The van der Waals surface area contributed by atoms with E-state index in [-0.39, 0.29) is 23.3 Å². The molecule has 1 amide bonds. The number of ether oxygens (including phenoxy) is 1. The van der Waals surface area contributed by atoms with Gasteiger partial charge in [-0.1, -0.05) is 6.92 Å². The highest BCUT2D eigenvalue weighted by Gasteiger charge is 2.28. The van der Waals surface area contributed by atoms with Gasteiger partial charge in [0.05, 0.1) is 12.5 Å². The van der Waals surface area contributed by atoms with Gasteiger partial charge in [-0.3, -0.25) is 4.79 Å². The van der Waals surface area contributed by atoms with Gasteiger partial charge in [0.15, 0.2) is 0 Å². The molecule has 0 radical (unpaired) electrons. The van der Waals surface area contributed by atoms with Crippen molar-refractivity contribution in [3.8, 4) is 0 Å². The molecule has 1 saturated heterocycles. The van der Waals surface area contributed by atoms with Crippen LogP contribution in [0, 0.1) is 5.92 Å². The van der Waals surface area contributed by atoms with E-state index >= 15 is 0 Å². The lowest BCUT2D eigenvalue weighted by molar-refractivity contribution is -0.135. The Kier molecular flexibility index (Phi) is 4.77. The number of hydrogen-bond acceptors (Lipinski definition) is 4. The summed E-state index contributed by atoms with van der Waals surface area (Å²) < 4.78 is 5.40. The van der Waals surface area contributed by atoms with Crippen molar-refractivity contribution in [3.63, 3.8) is 0 Å². The molecule has 0 aliphatic carbocycles. The van der Waals surface area contributed by atoms with Gasteiger partial charge in [-0.25, -0.2) is 4.79 Å². The first-order chi connectivity index (χ1) is 9.51.